The van der Waals surface area contributed by atoms with Gasteiger partial charge in [0.1, 0.15) is 5.82 Å². The van der Waals surface area contributed by atoms with Crippen molar-refractivity contribution in [2.75, 3.05) is 5.75 Å². The molecule has 0 unspecified atom stereocenters. The van der Waals surface area contributed by atoms with E-state index in [2.05, 4.69) is 10.5 Å². The molecule has 0 spiro atoms. The maximum atomic E-state index is 13.5. The summed E-state index contributed by atoms with van der Waals surface area (Å²) in [5.41, 5.74) is 3.66. The van der Waals surface area contributed by atoms with Crippen LogP contribution in [0.15, 0.2) is 53.6 Å². The molecule has 1 N–H and O–H groups in total. The number of carbonyl (C=O) groups is 1. The van der Waals surface area contributed by atoms with E-state index < -0.39 is 5.82 Å². The summed E-state index contributed by atoms with van der Waals surface area (Å²) in [7, 11) is 0. The molecule has 3 nitrogen and oxygen atoms in total. The third kappa shape index (κ3) is 5.16. The summed E-state index contributed by atoms with van der Waals surface area (Å²) < 4.78 is 13.5. The van der Waals surface area contributed by atoms with Gasteiger partial charge in [-0.05, 0) is 17.7 Å². The molecule has 0 fully saturated rings. The van der Waals surface area contributed by atoms with E-state index in [0.29, 0.717) is 0 Å². The van der Waals surface area contributed by atoms with Crippen molar-refractivity contribution in [2.45, 2.75) is 5.75 Å². The zero-order chi connectivity index (χ0) is 15.8. The van der Waals surface area contributed by atoms with Crippen molar-refractivity contribution in [3.05, 3.63) is 70.5 Å². The Kier molecular flexibility index (Phi) is 6.43. The van der Waals surface area contributed by atoms with Crippen LogP contribution >= 0.6 is 23.4 Å². The van der Waals surface area contributed by atoms with Crippen molar-refractivity contribution in [1.29, 1.82) is 0 Å². The van der Waals surface area contributed by atoms with Crippen LogP contribution in [-0.2, 0) is 10.5 Å². The average molecular weight is 337 g/mol. The number of benzene rings is 2. The molecule has 1 amide bonds. The second-order valence-corrected chi connectivity index (χ2v) is 5.80. The van der Waals surface area contributed by atoms with Gasteiger partial charge in [-0.25, -0.2) is 9.82 Å². The van der Waals surface area contributed by atoms with Gasteiger partial charge in [0, 0.05) is 11.3 Å². The van der Waals surface area contributed by atoms with Gasteiger partial charge in [0.25, 0.3) is 0 Å². The van der Waals surface area contributed by atoms with E-state index in [1.165, 1.54) is 30.1 Å². The molecule has 22 heavy (non-hydrogen) atoms. The lowest BCUT2D eigenvalue weighted by atomic mass is 10.2. The molecule has 114 valence electrons. The number of carbonyl (C=O) groups excluding carboxylic acids is 1. The largest absolute Gasteiger partial charge is 0.272 e. The number of halogens is 2. The van der Waals surface area contributed by atoms with Gasteiger partial charge in [0.2, 0.25) is 5.91 Å². The van der Waals surface area contributed by atoms with E-state index >= 15 is 0 Å². The number of hydrazone groups is 1. The van der Waals surface area contributed by atoms with Gasteiger partial charge in [-0.2, -0.15) is 5.10 Å². The van der Waals surface area contributed by atoms with Crippen LogP contribution in [-0.4, -0.2) is 17.9 Å². The number of nitrogens with zero attached hydrogens (tertiary/aromatic N) is 1. The molecule has 2 rings (SSSR count). The Hall–Kier alpha value is -1.85. The van der Waals surface area contributed by atoms with E-state index in [0.717, 1.165) is 11.3 Å². The molecule has 0 bridgehead atoms. The van der Waals surface area contributed by atoms with Gasteiger partial charge in [-0.1, -0.05) is 48.0 Å². The van der Waals surface area contributed by atoms with E-state index in [9.17, 15) is 9.18 Å². The quantitative estimate of drug-likeness (QED) is 0.643. The van der Waals surface area contributed by atoms with Gasteiger partial charge in [0.15, 0.2) is 0 Å². The van der Waals surface area contributed by atoms with Crippen LogP contribution in [0, 0.1) is 5.82 Å². The average Bonchev–Trinajstić information content (AvgIpc) is 2.51. The third-order valence-corrected chi connectivity index (χ3v) is 4.06. The Morgan fingerprint density at radius 1 is 1.23 bits per heavy atom. The van der Waals surface area contributed by atoms with E-state index in [4.69, 9.17) is 11.6 Å². The summed E-state index contributed by atoms with van der Waals surface area (Å²) in [5, 5.41) is 3.97. The third-order valence-electron chi connectivity index (χ3n) is 2.73. The zero-order valence-electron chi connectivity index (χ0n) is 11.6. The highest BCUT2D eigenvalue weighted by atomic mass is 35.5. The predicted octanol–water partition coefficient (Wildman–Crippen LogP) is 3.86. The lowest BCUT2D eigenvalue weighted by molar-refractivity contribution is -0.118. The summed E-state index contributed by atoms with van der Waals surface area (Å²) in [5.74, 6) is 0.294. The molecule has 0 atom stereocenters. The standard InChI is InChI=1S/C16H14ClFN2OS/c17-14-7-4-8-15(18)13(14)9-19-20-16(21)11-22-10-12-5-2-1-3-6-12/h1-9H,10-11H2,(H,20,21)/b19-9+. The van der Waals surface area contributed by atoms with Crippen molar-refractivity contribution in [3.8, 4) is 0 Å². The van der Waals surface area contributed by atoms with Crippen molar-refractivity contribution < 1.29 is 9.18 Å². The zero-order valence-corrected chi connectivity index (χ0v) is 13.2. The Morgan fingerprint density at radius 2 is 2.00 bits per heavy atom. The fourth-order valence-electron chi connectivity index (χ4n) is 1.67. The van der Waals surface area contributed by atoms with Gasteiger partial charge in [-0.15, -0.1) is 11.8 Å². The minimum Gasteiger partial charge on any atom is -0.272 e. The molecule has 0 aliphatic carbocycles. The maximum absolute atomic E-state index is 13.5. The summed E-state index contributed by atoms with van der Waals surface area (Å²) in [6, 6.07) is 14.2. The maximum Gasteiger partial charge on any atom is 0.250 e. The second kappa shape index (κ2) is 8.56. The number of thioether (sulfide) groups is 1. The van der Waals surface area contributed by atoms with E-state index in [1.807, 2.05) is 30.3 Å². The number of rotatable bonds is 6. The SMILES string of the molecule is O=C(CSCc1ccccc1)N/N=C/c1c(F)cccc1Cl. The Morgan fingerprint density at radius 3 is 2.73 bits per heavy atom. The van der Waals surface area contributed by atoms with Crippen LogP contribution in [0.4, 0.5) is 4.39 Å². The summed E-state index contributed by atoms with van der Waals surface area (Å²) >= 11 is 7.33. The van der Waals surface area contributed by atoms with Crippen LogP contribution in [0.2, 0.25) is 5.02 Å². The number of amides is 1. The molecule has 0 heterocycles. The molecule has 2 aromatic rings. The Balaban J connectivity index is 1.77. The van der Waals surface area contributed by atoms with Gasteiger partial charge in [0.05, 0.1) is 17.0 Å². The topological polar surface area (TPSA) is 41.5 Å². The normalized spacial score (nSPS) is 10.8. The monoisotopic (exact) mass is 336 g/mol. The number of nitrogens with one attached hydrogen (secondary N) is 1. The molecule has 0 radical (unpaired) electrons. The van der Waals surface area contributed by atoms with Crippen molar-refractivity contribution >= 4 is 35.5 Å². The summed E-state index contributed by atoms with van der Waals surface area (Å²) in [6.45, 7) is 0. The molecule has 0 aliphatic heterocycles. The van der Waals surface area contributed by atoms with Crippen LogP contribution < -0.4 is 5.43 Å². The highest BCUT2D eigenvalue weighted by Crippen LogP contribution is 2.16. The predicted molar refractivity (Wildman–Crippen MR) is 89.8 cm³/mol. The molecule has 0 aromatic heterocycles. The fourth-order valence-corrected chi connectivity index (χ4v) is 2.66. The van der Waals surface area contributed by atoms with Crippen LogP contribution in [0.3, 0.4) is 0 Å². The minimum atomic E-state index is -0.482. The first kappa shape index (κ1) is 16.5. The summed E-state index contributed by atoms with van der Waals surface area (Å²) in [4.78, 5) is 11.6. The Labute approximate surface area is 137 Å². The smallest absolute Gasteiger partial charge is 0.250 e. The molecule has 0 saturated heterocycles. The summed E-state index contributed by atoms with van der Waals surface area (Å²) in [6.07, 6.45) is 1.21. The molecular weight excluding hydrogens is 323 g/mol. The van der Waals surface area contributed by atoms with E-state index in [-0.39, 0.29) is 22.2 Å². The molecule has 0 saturated carbocycles. The first-order valence-electron chi connectivity index (χ1n) is 6.54. The lowest BCUT2D eigenvalue weighted by Crippen LogP contribution is -2.19. The van der Waals surface area contributed by atoms with Crippen LogP contribution in [0.1, 0.15) is 11.1 Å². The first-order chi connectivity index (χ1) is 10.7. The highest BCUT2D eigenvalue weighted by molar-refractivity contribution is 7.99. The lowest BCUT2D eigenvalue weighted by Gasteiger charge is -2.02. The van der Waals surface area contributed by atoms with Crippen molar-refractivity contribution in [2.24, 2.45) is 5.10 Å². The minimum absolute atomic E-state index is 0.154. The highest BCUT2D eigenvalue weighted by Gasteiger charge is 2.04. The van der Waals surface area contributed by atoms with Gasteiger partial charge < -0.3 is 0 Å². The second-order valence-electron chi connectivity index (χ2n) is 4.41. The number of hydrogen-bond donors (Lipinski definition) is 1. The van der Waals surface area contributed by atoms with Crippen LogP contribution in [0.25, 0.3) is 0 Å². The molecular formula is C16H14ClFN2OS. The molecule has 6 heteroatoms. The van der Waals surface area contributed by atoms with Gasteiger partial charge in [-0.3, -0.25) is 4.79 Å². The fraction of sp³-hybridized carbons (Fsp3) is 0.125. The number of hydrogen-bond acceptors (Lipinski definition) is 3. The Bertz CT molecular complexity index is 644. The van der Waals surface area contributed by atoms with E-state index in [1.54, 1.807) is 6.07 Å². The van der Waals surface area contributed by atoms with Crippen molar-refractivity contribution in [1.82, 2.24) is 5.43 Å². The first-order valence-corrected chi connectivity index (χ1v) is 8.07. The van der Waals surface area contributed by atoms with Crippen LogP contribution in [0.5, 0.6) is 0 Å². The molecule has 2 aromatic carbocycles. The molecule has 0 aliphatic rings. The van der Waals surface area contributed by atoms with Crippen molar-refractivity contribution in [3.63, 3.8) is 0 Å². The van der Waals surface area contributed by atoms with Gasteiger partial charge >= 0.3 is 0 Å².